The second-order valence-corrected chi connectivity index (χ2v) is 22.5. The second-order valence-electron chi connectivity index (χ2n) is 22.5. The summed E-state index contributed by atoms with van der Waals surface area (Å²) < 4.78 is 0. The van der Waals surface area contributed by atoms with Gasteiger partial charge in [-0.2, -0.15) is 0 Å². The molecule has 0 heterocycles. The molecule has 8 amide bonds. The van der Waals surface area contributed by atoms with Crippen molar-refractivity contribution < 1.29 is 48.3 Å². The van der Waals surface area contributed by atoms with E-state index in [2.05, 4.69) is 87.5 Å². The second kappa shape index (κ2) is 50.9. The normalized spacial score (nSPS) is 13.3. The zero-order valence-electron chi connectivity index (χ0n) is 56.4. The van der Waals surface area contributed by atoms with Gasteiger partial charge in [-0.15, -0.1) is 0 Å². The fraction of sp³-hybridized carbons (Fsp3) is 0.667. The number of amides is 8. The van der Waals surface area contributed by atoms with Gasteiger partial charge >= 0.3 is 5.97 Å². The number of carbonyl (C=O) groups excluding carboxylic acids is 8. The molecule has 0 aromatic heterocycles. The van der Waals surface area contributed by atoms with Crippen LogP contribution in [0.3, 0.4) is 0 Å². The number of aliphatic imine (C=N–C) groups is 9. The molecule has 0 aliphatic heterocycles. The van der Waals surface area contributed by atoms with Gasteiger partial charge in [0.2, 0.25) is 47.3 Å². The summed E-state index contributed by atoms with van der Waals surface area (Å²) in [4.78, 5) is 163. The number of carboxylic acids is 1. The molecule has 0 saturated heterocycles. The van der Waals surface area contributed by atoms with Gasteiger partial charge in [0.1, 0.15) is 48.3 Å². The third-order valence-electron chi connectivity index (χ3n) is 13.9. The Balaban J connectivity index is 7.75. The Bertz CT molecular complexity index is 2850. The summed E-state index contributed by atoms with van der Waals surface area (Å²) in [6, 6.07) is -13.1. The van der Waals surface area contributed by atoms with E-state index in [9.17, 15) is 48.3 Å². The number of nitrogens with one attached hydrogen (secondary N) is 8. The van der Waals surface area contributed by atoms with Crippen LogP contribution < -0.4 is 151 Å². The fourth-order valence-corrected chi connectivity index (χ4v) is 9.00. The van der Waals surface area contributed by atoms with Gasteiger partial charge in [-0.1, -0.05) is 0 Å². The minimum atomic E-state index is -1.57. The highest BCUT2D eigenvalue weighted by Gasteiger charge is 2.35. The van der Waals surface area contributed by atoms with Gasteiger partial charge < -0.3 is 157 Å². The van der Waals surface area contributed by atoms with Crippen LogP contribution in [0.2, 0.25) is 0 Å². The quantitative estimate of drug-likeness (QED) is 0.0153. The molecule has 46 heteroatoms. The summed E-state index contributed by atoms with van der Waals surface area (Å²) in [6.45, 7) is -0.0913. The fourth-order valence-electron chi connectivity index (χ4n) is 9.00. The van der Waals surface area contributed by atoms with Crippen molar-refractivity contribution in [3.05, 3.63) is 0 Å². The van der Waals surface area contributed by atoms with Crippen molar-refractivity contribution in [3.63, 3.8) is 0 Å². The topological polar surface area (TPSA) is 876 Å². The van der Waals surface area contributed by atoms with Crippen molar-refractivity contribution in [2.75, 3.05) is 58.9 Å². The molecule has 47 N–H and O–H groups in total. The number of nitrogens with two attached hydrogens (primary N) is 19. The molecule has 0 aromatic carbocycles. The molecular weight excluding hydrogens is 1310 g/mol. The van der Waals surface area contributed by atoms with Crippen LogP contribution in [0.4, 0.5) is 0 Å². The minimum absolute atomic E-state index is 0.0134. The van der Waals surface area contributed by atoms with Crippen LogP contribution in [0.25, 0.3) is 0 Å². The van der Waals surface area contributed by atoms with E-state index in [4.69, 9.17) is 109 Å². The Morgan fingerprint density at radius 3 is 0.500 bits per heavy atom. The summed E-state index contributed by atoms with van der Waals surface area (Å²) >= 11 is 0. The summed E-state index contributed by atoms with van der Waals surface area (Å²) in [7, 11) is 0. The number of rotatable bonds is 53. The van der Waals surface area contributed by atoms with Crippen LogP contribution in [0.15, 0.2) is 44.9 Å². The molecule has 100 heavy (non-hydrogen) atoms. The molecule has 0 rings (SSSR count). The van der Waals surface area contributed by atoms with Crippen LogP contribution in [-0.4, -0.2) is 225 Å². The van der Waals surface area contributed by atoms with Gasteiger partial charge in [0.05, 0.1) is 6.04 Å². The van der Waals surface area contributed by atoms with E-state index in [-0.39, 0.29) is 222 Å². The lowest BCUT2D eigenvalue weighted by molar-refractivity contribution is -0.142. The molecular formula is C54H110N36O10. The van der Waals surface area contributed by atoms with E-state index in [1.807, 2.05) is 0 Å². The number of guanidine groups is 9. The Morgan fingerprint density at radius 1 is 0.220 bits per heavy atom. The average molecular weight is 1420 g/mol. The highest BCUT2D eigenvalue weighted by Crippen LogP contribution is 2.12. The molecule has 0 radical (unpaired) electrons. The molecule has 0 aliphatic carbocycles. The van der Waals surface area contributed by atoms with E-state index in [0.29, 0.717) is 6.42 Å². The number of hydrogen-bond donors (Lipinski definition) is 28. The smallest absolute Gasteiger partial charge is 0.326 e. The van der Waals surface area contributed by atoms with Crippen LogP contribution in [0.5, 0.6) is 0 Å². The van der Waals surface area contributed by atoms with Crippen LogP contribution in [0, 0.1) is 0 Å². The molecule has 0 spiro atoms. The third kappa shape index (κ3) is 44.4. The maximum atomic E-state index is 14.8. The van der Waals surface area contributed by atoms with Crippen molar-refractivity contribution in [2.45, 2.75) is 170 Å². The van der Waals surface area contributed by atoms with Crippen molar-refractivity contribution >= 4 is 107 Å². The van der Waals surface area contributed by atoms with Gasteiger partial charge in [0.25, 0.3) is 0 Å². The van der Waals surface area contributed by atoms with Crippen molar-refractivity contribution in [2.24, 2.45) is 154 Å². The molecule has 0 bridgehead atoms. The van der Waals surface area contributed by atoms with Crippen LogP contribution >= 0.6 is 0 Å². The summed E-state index contributed by atoms with van der Waals surface area (Å²) in [5.74, 6) is -11.2. The predicted molar refractivity (Wildman–Crippen MR) is 380 cm³/mol. The van der Waals surface area contributed by atoms with E-state index < -0.39 is 108 Å². The molecule has 0 fully saturated rings. The predicted octanol–water partition coefficient (Wildman–Crippen LogP) is -13.2. The lowest BCUT2D eigenvalue weighted by atomic mass is 10.0. The molecule has 9 atom stereocenters. The monoisotopic (exact) mass is 1420 g/mol. The highest BCUT2D eigenvalue weighted by atomic mass is 16.4. The standard InChI is InChI=1S/C54H110N36O10/c55-28(10-1-19-74-46(56)57)37(91)83-29(11-2-20-75-47(58)59)38(92)84-30(12-3-21-76-48(60)61)39(93)85-31(13-4-22-77-49(62)63)40(94)86-32(14-5-23-78-50(64)65)41(95)87-33(15-6-24-79-51(66)67)42(96)88-34(16-7-25-80-52(68)69)43(97)89-35(17-8-26-81-53(70)71)44(98)90-36(45(99)100)18-9-27-82-54(72)73/h28-36H,1-27,55H2,(H,83,91)(H,84,92)(H,85,93)(H,86,94)(H,87,95)(H,88,96)(H,89,97)(H,90,98)(H,99,100)(H4,56,57,74)(H4,58,59,75)(H4,60,61,76)(H4,62,63,77)(H4,64,65,78)(H4,66,67,79)(H4,68,69,80)(H4,70,71,81)(H4,72,73,82). The van der Waals surface area contributed by atoms with Gasteiger partial charge in [-0.05, 0) is 116 Å². The van der Waals surface area contributed by atoms with E-state index in [0.717, 1.165) is 0 Å². The average Bonchev–Trinajstić information content (AvgIpc) is 0.866. The van der Waals surface area contributed by atoms with Gasteiger partial charge in [0, 0.05) is 58.9 Å². The summed E-state index contributed by atoms with van der Waals surface area (Å²) in [6.07, 6.45) is -0.458. The van der Waals surface area contributed by atoms with E-state index >= 15 is 0 Å². The largest absolute Gasteiger partial charge is 0.480 e. The summed E-state index contributed by atoms with van der Waals surface area (Å²) in [5, 5.41) is 30.8. The SMILES string of the molecule is NC(N)=NCCCC(N)C(=O)NC(CCCN=C(N)N)C(=O)NC(CCCN=C(N)N)C(=O)NC(CCCN=C(N)N)C(=O)NC(CCCN=C(N)N)C(=O)NC(CCCN=C(N)N)C(=O)NC(CCCN=C(N)N)C(=O)NC(CCCN=C(N)N)C(=O)NC(CCCN=C(N)N)C(=O)O. The van der Waals surface area contributed by atoms with Crippen LogP contribution in [0.1, 0.15) is 116 Å². The highest BCUT2D eigenvalue weighted by molar-refractivity contribution is 5.98. The zero-order chi connectivity index (χ0) is 75.7. The van der Waals surface area contributed by atoms with Gasteiger partial charge in [0.15, 0.2) is 53.6 Å². The molecule has 46 nitrogen and oxygen atoms in total. The lowest BCUT2D eigenvalue weighted by Crippen LogP contribution is -2.60. The maximum absolute atomic E-state index is 14.8. The number of hydrogen-bond acceptors (Lipinski definition) is 19. The van der Waals surface area contributed by atoms with Crippen LogP contribution in [-0.2, 0) is 43.2 Å². The number of aliphatic carboxylic acids is 1. The van der Waals surface area contributed by atoms with Crippen molar-refractivity contribution in [3.8, 4) is 0 Å². The molecule has 9 unspecified atom stereocenters. The Kier molecular flexibility index (Phi) is 45.1. The first-order valence-electron chi connectivity index (χ1n) is 32.0. The first-order chi connectivity index (χ1) is 47.1. The first-order valence-corrected chi connectivity index (χ1v) is 32.0. The Labute approximate surface area is 578 Å². The maximum Gasteiger partial charge on any atom is 0.326 e. The zero-order valence-corrected chi connectivity index (χ0v) is 56.4. The van der Waals surface area contributed by atoms with E-state index in [1.165, 1.54) is 0 Å². The van der Waals surface area contributed by atoms with E-state index in [1.54, 1.807) is 0 Å². The number of carboxylic acid groups (broad SMARTS) is 1. The number of nitrogens with zero attached hydrogens (tertiary/aromatic N) is 9. The molecule has 0 saturated carbocycles. The minimum Gasteiger partial charge on any atom is -0.480 e. The lowest BCUT2D eigenvalue weighted by Gasteiger charge is -2.28. The van der Waals surface area contributed by atoms with Gasteiger partial charge in [-0.25, -0.2) is 4.79 Å². The van der Waals surface area contributed by atoms with Crippen molar-refractivity contribution in [1.82, 2.24) is 42.5 Å². The Morgan fingerprint density at radius 2 is 0.350 bits per heavy atom. The van der Waals surface area contributed by atoms with Gasteiger partial charge in [-0.3, -0.25) is 83.3 Å². The van der Waals surface area contributed by atoms with Crippen molar-refractivity contribution in [1.29, 1.82) is 0 Å². The molecule has 0 aliphatic rings. The Hall–Kier alpha value is -11.4. The molecule has 0 aromatic rings. The summed E-state index contributed by atoms with van der Waals surface area (Å²) in [5.41, 5.74) is 106. The number of carbonyl (C=O) groups is 9. The molecule has 566 valence electrons. The third-order valence-corrected chi connectivity index (χ3v) is 13.9. The first kappa shape index (κ1) is 88.6.